The van der Waals surface area contributed by atoms with Crippen LogP contribution in [0.2, 0.25) is 0 Å². The number of rotatable bonds is 5. The molecule has 9 heteroatoms. The Labute approximate surface area is 198 Å². The highest BCUT2D eigenvalue weighted by atomic mass is 19.4. The van der Waals surface area contributed by atoms with Crippen LogP contribution in [0.1, 0.15) is 35.3 Å². The van der Waals surface area contributed by atoms with Gasteiger partial charge >= 0.3 is 18.2 Å². The van der Waals surface area contributed by atoms with E-state index in [1.807, 2.05) is 0 Å². The van der Waals surface area contributed by atoms with Gasteiger partial charge in [0.2, 0.25) is 0 Å². The second-order valence-corrected chi connectivity index (χ2v) is 8.45. The third-order valence-electron chi connectivity index (χ3n) is 5.56. The van der Waals surface area contributed by atoms with Gasteiger partial charge in [0.15, 0.2) is 5.75 Å². The van der Waals surface area contributed by atoms with Gasteiger partial charge in [-0.25, -0.2) is 9.59 Å². The fourth-order valence-corrected chi connectivity index (χ4v) is 3.70. The number of carboxylic acids is 1. The topological polar surface area (TPSA) is 80.6 Å². The first-order valence-corrected chi connectivity index (χ1v) is 10.6. The number of hydrogen-bond acceptors (Lipinski definition) is 3. The van der Waals surface area contributed by atoms with E-state index in [9.17, 15) is 22.8 Å². The number of para-hydroxylation sites is 1. The van der Waals surface area contributed by atoms with E-state index < -0.39 is 29.3 Å². The first-order chi connectivity index (χ1) is 16.5. The number of aromatic nitrogens is 1. The molecular weight excluding hydrogens is 461 g/mol. The quantitative estimate of drug-likeness (QED) is 0.334. The molecule has 1 amide bonds. The highest BCUT2D eigenvalue weighted by molar-refractivity contribution is 5.95. The summed E-state index contributed by atoms with van der Waals surface area (Å²) in [5.41, 5.74) is -0.497. The number of carbonyl (C=O) groups is 2. The molecule has 0 unspecified atom stereocenters. The van der Waals surface area contributed by atoms with Crippen molar-refractivity contribution >= 4 is 22.9 Å². The van der Waals surface area contributed by atoms with Gasteiger partial charge in [0.1, 0.15) is 5.75 Å². The van der Waals surface area contributed by atoms with E-state index in [-0.39, 0.29) is 17.1 Å². The predicted molar refractivity (Wildman–Crippen MR) is 124 cm³/mol. The minimum absolute atomic E-state index is 0.0145. The molecule has 0 aliphatic heterocycles. The molecule has 0 aliphatic rings. The number of nitrogens with zero attached hydrogens (tertiary/aromatic N) is 1. The second-order valence-electron chi connectivity index (χ2n) is 8.45. The van der Waals surface area contributed by atoms with Crippen LogP contribution in [0.3, 0.4) is 0 Å². The molecule has 0 aliphatic carbocycles. The molecule has 35 heavy (non-hydrogen) atoms. The van der Waals surface area contributed by atoms with E-state index in [0.29, 0.717) is 16.5 Å². The Kier molecular flexibility index (Phi) is 6.02. The summed E-state index contributed by atoms with van der Waals surface area (Å²) in [6.45, 7) is 3.54. The number of carboxylic acid groups (broad SMARTS) is 1. The third kappa shape index (κ3) is 4.98. The van der Waals surface area contributed by atoms with E-state index in [4.69, 9.17) is 9.84 Å². The van der Waals surface area contributed by atoms with Crippen molar-refractivity contribution in [3.05, 3.63) is 95.7 Å². The Morgan fingerprint density at radius 3 is 2.26 bits per heavy atom. The second kappa shape index (κ2) is 8.83. The number of fused-ring (bicyclic) bond motifs is 1. The number of hydrogen-bond donors (Lipinski definition) is 2. The summed E-state index contributed by atoms with van der Waals surface area (Å²) in [5.74, 6) is -0.851. The summed E-state index contributed by atoms with van der Waals surface area (Å²) in [5, 5.41) is 12.7. The highest BCUT2D eigenvalue weighted by Crippen LogP contribution is 2.35. The average Bonchev–Trinajstić information content (AvgIpc) is 3.24. The van der Waals surface area contributed by atoms with Crippen LogP contribution in [0.15, 0.2) is 79.0 Å². The van der Waals surface area contributed by atoms with Crippen LogP contribution >= 0.6 is 0 Å². The molecule has 1 aromatic heterocycles. The van der Waals surface area contributed by atoms with E-state index in [1.165, 1.54) is 28.8 Å². The number of aromatic carboxylic acids is 1. The summed E-state index contributed by atoms with van der Waals surface area (Å²) in [6, 6.07) is 16.9. The number of amides is 1. The van der Waals surface area contributed by atoms with Crippen molar-refractivity contribution in [3.63, 3.8) is 0 Å². The summed E-state index contributed by atoms with van der Waals surface area (Å²) >= 11 is 0. The van der Waals surface area contributed by atoms with Crippen LogP contribution in [0.4, 0.5) is 18.0 Å². The Balaban J connectivity index is 1.64. The van der Waals surface area contributed by atoms with Crippen molar-refractivity contribution in [2.75, 3.05) is 0 Å². The lowest BCUT2D eigenvalue weighted by atomic mass is 9.93. The van der Waals surface area contributed by atoms with Crippen LogP contribution in [-0.2, 0) is 11.7 Å². The van der Waals surface area contributed by atoms with Gasteiger partial charge in [-0.05, 0) is 61.9 Å². The maximum absolute atomic E-state index is 13.2. The molecule has 180 valence electrons. The SMILES string of the molecule is CC(C)(NC(=O)n1ccc2cccc(Oc3cccc(C(F)(F)F)c3)c21)c1ccc(C(=O)O)cc1. The Bertz CT molecular complexity index is 1410. The number of ether oxygens (including phenoxy) is 1. The third-order valence-corrected chi connectivity index (χ3v) is 5.56. The molecule has 1 heterocycles. The Morgan fingerprint density at radius 2 is 1.60 bits per heavy atom. The molecule has 0 saturated carbocycles. The molecule has 4 aromatic rings. The van der Waals surface area contributed by atoms with Gasteiger partial charge in [-0.3, -0.25) is 4.57 Å². The van der Waals surface area contributed by atoms with Crippen molar-refractivity contribution < 1.29 is 32.6 Å². The number of halogens is 3. The predicted octanol–water partition coefficient (Wildman–Crippen LogP) is 6.64. The van der Waals surface area contributed by atoms with Crippen molar-refractivity contribution in [1.82, 2.24) is 9.88 Å². The molecule has 3 aromatic carbocycles. The summed E-state index contributed by atoms with van der Waals surface area (Å²) in [4.78, 5) is 24.3. The first-order valence-electron chi connectivity index (χ1n) is 10.6. The standard InChI is InChI=1S/C26H21F3N2O4/c1-25(2,18-11-9-17(10-12-18)23(32)33)30-24(34)31-14-13-16-5-3-8-21(22(16)31)35-20-7-4-6-19(15-20)26(27,28)29/h3-15H,1-2H3,(H,30,34)(H,32,33). The van der Waals surface area contributed by atoms with Crippen molar-refractivity contribution in [2.45, 2.75) is 25.6 Å². The number of alkyl halides is 3. The molecule has 0 atom stereocenters. The molecule has 6 nitrogen and oxygen atoms in total. The Hall–Kier alpha value is -4.27. The largest absolute Gasteiger partial charge is 0.478 e. The van der Waals surface area contributed by atoms with Crippen LogP contribution in [0, 0.1) is 0 Å². The normalized spacial score (nSPS) is 11.9. The summed E-state index contributed by atoms with van der Waals surface area (Å²) in [7, 11) is 0. The van der Waals surface area contributed by atoms with Crippen LogP contribution in [-0.4, -0.2) is 21.7 Å². The Morgan fingerprint density at radius 1 is 0.914 bits per heavy atom. The summed E-state index contributed by atoms with van der Waals surface area (Å²) in [6.07, 6.45) is -2.97. The van der Waals surface area contributed by atoms with Gasteiger partial charge in [0, 0.05) is 11.6 Å². The smallest absolute Gasteiger partial charge is 0.416 e. The van der Waals surface area contributed by atoms with Crippen molar-refractivity contribution in [1.29, 1.82) is 0 Å². The highest BCUT2D eigenvalue weighted by Gasteiger charge is 2.31. The maximum Gasteiger partial charge on any atom is 0.416 e. The van der Waals surface area contributed by atoms with Gasteiger partial charge in [-0.2, -0.15) is 13.2 Å². The molecule has 0 spiro atoms. The van der Waals surface area contributed by atoms with Gasteiger partial charge in [-0.15, -0.1) is 0 Å². The molecule has 0 fully saturated rings. The van der Waals surface area contributed by atoms with E-state index in [2.05, 4.69) is 5.32 Å². The zero-order valence-electron chi connectivity index (χ0n) is 18.8. The van der Waals surface area contributed by atoms with Gasteiger partial charge in [0.05, 0.1) is 22.2 Å². The van der Waals surface area contributed by atoms with E-state index >= 15 is 0 Å². The number of nitrogens with one attached hydrogen (secondary N) is 1. The zero-order valence-corrected chi connectivity index (χ0v) is 18.8. The van der Waals surface area contributed by atoms with Crippen molar-refractivity contribution in [3.8, 4) is 11.5 Å². The molecule has 2 N–H and O–H groups in total. The fraction of sp³-hybridized carbons (Fsp3) is 0.154. The average molecular weight is 482 g/mol. The minimum Gasteiger partial charge on any atom is -0.478 e. The monoisotopic (exact) mass is 482 g/mol. The van der Waals surface area contributed by atoms with Gasteiger partial charge in [-0.1, -0.05) is 30.3 Å². The summed E-state index contributed by atoms with van der Waals surface area (Å²) < 4.78 is 46.4. The number of benzene rings is 3. The first kappa shape index (κ1) is 23.9. The van der Waals surface area contributed by atoms with E-state index in [0.717, 1.165) is 12.1 Å². The molecule has 4 rings (SSSR count). The number of carbonyl (C=O) groups excluding carboxylic acids is 1. The van der Waals surface area contributed by atoms with Crippen molar-refractivity contribution in [2.24, 2.45) is 0 Å². The van der Waals surface area contributed by atoms with Crippen LogP contribution in [0.25, 0.3) is 10.9 Å². The molecule has 0 bridgehead atoms. The zero-order chi connectivity index (χ0) is 25.4. The molecular formula is C26H21F3N2O4. The van der Waals surface area contributed by atoms with Crippen LogP contribution < -0.4 is 10.1 Å². The lowest BCUT2D eigenvalue weighted by Crippen LogP contribution is -2.43. The minimum atomic E-state index is -4.51. The lowest BCUT2D eigenvalue weighted by Gasteiger charge is -2.27. The van der Waals surface area contributed by atoms with Gasteiger partial charge < -0.3 is 15.2 Å². The van der Waals surface area contributed by atoms with Gasteiger partial charge in [0.25, 0.3) is 0 Å². The maximum atomic E-state index is 13.2. The molecule has 0 saturated heterocycles. The van der Waals surface area contributed by atoms with E-state index in [1.54, 1.807) is 56.4 Å². The fourth-order valence-electron chi connectivity index (χ4n) is 3.70. The van der Waals surface area contributed by atoms with Crippen LogP contribution in [0.5, 0.6) is 11.5 Å². The molecule has 0 radical (unpaired) electrons. The lowest BCUT2D eigenvalue weighted by molar-refractivity contribution is -0.137.